The van der Waals surface area contributed by atoms with Crippen molar-refractivity contribution in [3.05, 3.63) is 36.8 Å². The number of pyridine rings is 1. The van der Waals surface area contributed by atoms with E-state index < -0.39 is 0 Å². The lowest BCUT2D eigenvalue weighted by molar-refractivity contribution is 0.437. The van der Waals surface area contributed by atoms with E-state index in [1.54, 1.807) is 12.4 Å². The molecule has 3 unspecified atom stereocenters. The van der Waals surface area contributed by atoms with E-state index in [-0.39, 0.29) is 6.04 Å². The summed E-state index contributed by atoms with van der Waals surface area (Å²) in [6.45, 7) is 6.49. The van der Waals surface area contributed by atoms with E-state index in [4.69, 9.17) is 5.73 Å². The molecule has 0 amide bonds. The van der Waals surface area contributed by atoms with Crippen LogP contribution in [0, 0.1) is 5.92 Å². The van der Waals surface area contributed by atoms with Crippen LogP contribution in [0.25, 0.3) is 11.3 Å². The Morgan fingerprint density at radius 2 is 1.96 bits per heavy atom. The third-order valence-corrected chi connectivity index (χ3v) is 4.14. The second-order valence-corrected chi connectivity index (χ2v) is 6.33. The van der Waals surface area contributed by atoms with Crippen LogP contribution in [0.1, 0.15) is 40.0 Å². The molecule has 0 spiro atoms. The summed E-state index contributed by atoms with van der Waals surface area (Å²) in [5, 5.41) is 3.42. The van der Waals surface area contributed by atoms with E-state index >= 15 is 0 Å². The molecule has 0 aliphatic heterocycles. The maximum atomic E-state index is 5.81. The zero-order valence-corrected chi connectivity index (χ0v) is 14.2. The van der Waals surface area contributed by atoms with Crippen LogP contribution >= 0.6 is 0 Å². The van der Waals surface area contributed by atoms with E-state index in [0.29, 0.717) is 17.9 Å². The van der Waals surface area contributed by atoms with Gasteiger partial charge in [0.1, 0.15) is 0 Å². The van der Waals surface area contributed by atoms with Crippen LogP contribution in [0.5, 0.6) is 0 Å². The number of rotatable bonds is 8. The molecule has 3 N–H and O–H groups in total. The summed E-state index contributed by atoms with van der Waals surface area (Å²) in [5.41, 5.74) is 7.69. The van der Waals surface area contributed by atoms with Crippen molar-refractivity contribution in [1.29, 1.82) is 0 Å². The molecule has 0 aliphatic rings. The number of aromatic nitrogens is 3. The molecule has 0 aromatic carbocycles. The fourth-order valence-electron chi connectivity index (χ4n) is 2.46. The summed E-state index contributed by atoms with van der Waals surface area (Å²) >= 11 is 0. The molecule has 0 saturated carbocycles. The standard InChI is InChI=1S/C18H27N5/c1-13(6-4-7-14(2)19)15(3)22-18-21-11-9-17(23-18)16-8-5-10-20-12-16/h5,8-15H,4,6-7,19H2,1-3H3,(H,21,22,23). The van der Waals surface area contributed by atoms with Crippen molar-refractivity contribution in [2.45, 2.75) is 52.1 Å². The maximum Gasteiger partial charge on any atom is 0.223 e. The quantitative estimate of drug-likeness (QED) is 0.780. The van der Waals surface area contributed by atoms with Gasteiger partial charge in [-0.05, 0) is 50.8 Å². The highest BCUT2D eigenvalue weighted by atomic mass is 15.1. The van der Waals surface area contributed by atoms with Gasteiger partial charge in [0, 0.05) is 36.2 Å². The number of nitrogens with one attached hydrogen (secondary N) is 1. The van der Waals surface area contributed by atoms with E-state index in [1.165, 1.54) is 0 Å². The number of hydrogen-bond acceptors (Lipinski definition) is 5. The molecule has 0 saturated heterocycles. The molecular formula is C18H27N5. The van der Waals surface area contributed by atoms with Gasteiger partial charge in [0.25, 0.3) is 0 Å². The van der Waals surface area contributed by atoms with Crippen LogP contribution in [0.4, 0.5) is 5.95 Å². The molecular weight excluding hydrogens is 286 g/mol. The molecule has 5 heteroatoms. The van der Waals surface area contributed by atoms with Gasteiger partial charge in [-0.3, -0.25) is 4.98 Å². The van der Waals surface area contributed by atoms with Crippen LogP contribution in [0.3, 0.4) is 0 Å². The fourth-order valence-corrected chi connectivity index (χ4v) is 2.46. The van der Waals surface area contributed by atoms with Gasteiger partial charge in [-0.1, -0.05) is 13.3 Å². The number of anilines is 1. The Bertz CT molecular complexity index is 585. The summed E-state index contributed by atoms with van der Waals surface area (Å²) in [6, 6.07) is 6.41. The Balaban J connectivity index is 1.94. The predicted molar refractivity (Wildman–Crippen MR) is 95.0 cm³/mol. The molecule has 0 fully saturated rings. The zero-order valence-electron chi connectivity index (χ0n) is 14.2. The molecule has 0 bridgehead atoms. The summed E-state index contributed by atoms with van der Waals surface area (Å²) in [4.78, 5) is 13.1. The topological polar surface area (TPSA) is 76.7 Å². The highest BCUT2D eigenvalue weighted by Gasteiger charge is 2.13. The second kappa shape index (κ2) is 8.58. The smallest absolute Gasteiger partial charge is 0.223 e. The largest absolute Gasteiger partial charge is 0.351 e. The van der Waals surface area contributed by atoms with Crippen molar-refractivity contribution in [3.63, 3.8) is 0 Å². The van der Waals surface area contributed by atoms with Crippen molar-refractivity contribution < 1.29 is 0 Å². The lowest BCUT2D eigenvalue weighted by atomic mass is 9.96. The first-order valence-corrected chi connectivity index (χ1v) is 8.32. The van der Waals surface area contributed by atoms with Crippen molar-refractivity contribution in [2.24, 2.45) is 11.7 Å². The van der Waals surface area contributed by atoms with Crippen LogP contribution in [-0.2, 0) is 0 Å². The summed E-state index contributed by atoms with van der Waals surface area (Å²) in [5.74, 6) is 1.21. The Morgan fingerprint density at radius 3 is 2.65 bits per heavy atom. The minimum Gasteiger partial charge on any atom is -0.351 e. The monoisotopic (exact) mass is 313 g/mol. The average Bonchev–Trinajstić information content (AvgIpc) is 2.55. The molecule has 2 rings (SSSR count). The van der Waals surface area contributed by atoms with Gasteiger partial charge in [0.2, 0.25) is 5.95 Å². The molecule has 2 aromatic heterocycles. The average molecular weight is 313 g/mol. The third kappa shape index (κ3) is 5.60. The van der Waals surface area contributed by atoms with E-state index in [9.17, 15) is 0 Å². The van der Waals surface area contributed by atoms with Crippen molar-refractivity contribution >= 4 is 5.95 Å². The Kier molecular flexibility index (Phi) is 6.47. The summed E-state index contributed by atoms with van der Waals surface area (Å²) in [6.07, 6.45) is 8.73. The van der Waals surface area contributed by atoms with Crippen LogP contribution in [0.15, 0.2) is 36.8 Å². The van der Waals surface area contributed by atoms with Crippen molar-refractivity contribution in [1.82, 2.24) is 15.0 Å². The van der Waals surface area contributed by atoms with Gasteiger partial charge in [0.15, 0.2) is 0 Å². The van der Waals surface area contributed by atoms with Gasteiger partial charge >= 0.3 is 0 Å². The Labute approximate surface area is 138 Å². The van der Waals surface area contributed by atoms with E-state index in [2.05, 4.69) is 41.0 Å². The maximum absolute atomic E-state index is 5.81. The number of hydrogen-bond donors (Lipinski definition) is 2. The first-order valence-electron chi connectivity index (χ1n) is 8.32. The minimum atomic E-state index is 0.282. The van der Waals surface area contributed by atoms with E-state index in [1.807, 2.05) is 24.4 Å². The number of nitrogens with two attached hydrogens (primary N) is 1. The SMILES string of the molecule is CC(N)CCCC(C)C(C)Nc1nccc(-c2cccnc2)n1. The summed E-state index contributed by atoms with van der Waals surface area (Å²) < 4.78 is 0. The Hall–Kier alpha value is -2.01. The highest BCUT2D eigenvalue weighted by molar-refractivity contribution is 5.58. The predicted octanol–water partition coefficient (Wildman–Crippen LogP) is 3.49. The zero-order chi connectivity index (χ0) is 16.7. The fraction of sp³-hybridized carbons (Fsp3) is 0.500. The van der Waals surface area contributed by atoms with E-state index in [0.717, 1.165) is 30.5 Å². The molecule has 0 radical (unpaired) electrons. The van der Waals surface area contributed by atoms with Gasteiger partial charge in [-0.25, -0.2) is 9.97 Å². The molecule has 124 valence electrons. The molecule has 23 heavy (non-hydrogen) atoms. The normalized spacial score (nSPS) is 15.0. The summed E-state index contributed by atoms with van der Waals surface area (Å²) in [7, 11) is 0. The van der Waals surface area contributed by atoms with Crippen LogP contribution in [0.2, 0.25) is 0 Å². The first kappa shape index (κ1) is 17.3. The van der Waals surface area contributed by atoms with Crippen LogP contribution in [-0.4, -0.2) is 27.0 Å². The minimum absolute atomic E-state index is 0.282. The van der Waals surface area contributed by atoms with Gasteiger partial charge in [0.05, 0.1) is 5.69 Å². The lowest BCUT2D eigenvalue weighted by Crippen LogP contribution is -2.25. The van der Waals surface area contributed by atoms with Gasteiger partial charge in [-0.15, -0.1) is 0 Å². The molecule has 2 aromatic rings. The lowest BCUT2D eigenvalue weighted by Gasteiger charge is -2.21. The molecule has 5 nitrogen and oxygen atoms in total. The second-order valence-electron chi connectivity index (χ2n) is 6.33. The molecule has 2 heterocycles. The van der Waals surface area contributed by atoms with Crippen molar-refractivity contribution in [3.8, 4) is 11.3 Å². The van der Waals surface area contributed by atoms with Gasteiger partial charge < -0.3 is 11.1 Å². The highest BCUT2D eigenvalue weighted by Crippen LogP contribution is 2.19. The molecule has 0 aliphatic carbocycles. The Morgan fingerprint density at radius 1 is 1.13 bits per heavy atom. The third-order valence-electron chi connectivity index (χ3n) is 4.14. The molecule has 3 atom stereocenters. The number of nitrogens with zero attached hydrogens (tertiary/aromatic N) is 3. The first-order chi connectivity index (χ1) is 11.1. The van der Waals surface area contributed by atoms with Crippen molar-refractivity contribution in [2.75, 3.05) is 5.32 Å². The van der Waals surface area contributed by atoms with Crippen LogP contribution < -0.4 is 11.1 Å². The van der Waals surface area contributed by atoms with Gasteiger partial charge in [-0.2, -0.15) is 0 Å².